The van der Waals surface area contributed by atoms with Gasteiger partial charge >= 0.3 is 0 Å². The minimum atomic E-state index is 0.240. The molecular formula is C17H27ClN2. The average Bonchev–Trinajstić information content (AvgIpc) is 2.40. The van der Waals surface area contributed by atoms with E-state index in [-0.39, 0.29) is 6.04 Å². The van der Waals surface area contributed by atoms with Gasteiger partial charge in [0.1, 0.15) is 0 Å². The van der Waals surface area contributed by atoms with Gasteiger partial charge < -0.3 is 10.6 Å². The first-order valence-electron chi connectivity index (χ1n) is 7.99. The summed E-state index contributed by atoms with van der Waals surface area (Å²) in [7, 11) is 0. The van der Waals surface area contributed by atoms with Gasteiger partial charge in [0.25, 0.3) is 0 Å². The Morgan fingerprint density at radius 1 is 1.15 bits per heavy atom. The molecule has 1 aromatic rings. The van der Waals surface area contributed by atoms with E-state index in [1.165, 1.54) is 43.4 Å². The van der Waals surface area contributed by atoms with Crippen LogP contribution in [-0.4, -0.2) is 19.1 Å². The van der Waals surface area contributed by atoms with E-state index >= 15 is 0 Å². The Morgan fingerprint density at radius 3 is 2.45 bits per heavy atom. The van der Waals surface area contributed by atoms with E-state index in [1.807, 2.05) is 6.07 Å². The van der Waals surface area contributed by atoms with Crippen LogP contribution in [0, 0.1) is 0 Å². The van der Waals surface area contributed by atoms with Crippen molar-refractivity contribution < 1.29 is 0 Å². The van der Waals surface area contributed by atoms with Crippen molar-refractivity contribution in [2.45, 2.75) is 57.9 Å². The van der Waals surface area contributed by atoms with Gasteiger partial charge in [0.2, 0.25) is 0 Å². The quantitative estimate of drug-likeness (QED) is 0.892. The molecule has 1 fully saturated rings. The van der Waals surface area contributed by atoms with Crippen molar-refractivity contribution in [3.8, 4) is 0 Å². The van der Waals surface area contributed by atoms with Crippen molar-refractivity contribution >= 4 is 17.3 Å². The number of hydrogen-bond donors (Lipinski definition) is 1. The number of hydrogen-bond acceptors (Lipinski definition) is 2. The van der Waals surface area contributed by atoms with Gasteiger partial charge in [0, 0.05) is 29.8 Å². The zero-order valence-corrected chi connectivity index (χ0v) is 13.3. The molecule has 1 heterocycles. The van der Waals surface area contributed by atoms with E-state index in [0.29, 0.717) is 0 Å². The van der Waals surface area contributed by atoms with E-state index in [4.69, 9.17) is 17.3 Å². The molecule has 0 spiro atoms. The topological polar surface area (TPSA) is 29.3 Å². The second-order valence-corrected chi connectivity index (χ2v) is 6.34. The molecular weight excluding hydrogens is 268 g/mol. The Bertz CT molecular complexity index is 411. The van der Waals surface area contributed by atoms with Crippen LogP contribution >= 0.6 is 11.6 Å². The molecule has 2 rings (SSSR count). The normalized spacial score (nSPS) is 18.4. The van der Waals surface area contributed by atoms with Gasteiger partial charge in [-0.05, 0) is 43.4 Å². The van der Waals surface area contributed by atoms with Crippen LogP contribution in [0.1, 0.15) is 51.0 Å². The number of rotatable bonds is 4. The summed E-state index contributed by atoms with van der Waals surface area (Å²) >= 11 is 6.22. The molecule has 0 aliphatic carbocycles. The molecule has 2 nitrogen and oxygen atoms in total. The summed E-state index contributed by atoms with van der Waals surface area (Å²) in [6.07, 6.45) is 8.61. The lowest BCUT2D eigenvalue weighted by Gasteiger charge is -2.29. The molecule has 1 aliphatic heterocycles. The van der Waals surface area contributed by atoms with Crippen molar-refractivity contribution in [1.29, 1.82) is 0 Å². The Kier molecular flexibility index (Phi) is 6.18. The van der Waals surface area contributed by atoms with Crippen LogP contribution in [0.4, 0.5) is 5.69 Å². The predicted molar refractivity (Wildman–Crippen MR) is 88.7 cm³/mol. The largest absolute Gasteiger partial charge is 0.371 e. The predicted octanol–water partition coefficient (Wildman–Crippen LogP) is 4.39. The Morgan fingerprint density at radius 2 is 1.80 bits per heavy atom. The van der Waals surface area contributed by atoms with E-state index in [2.05, 4.69) is 24.0 Å². The Hall–Kier alpha value is -0.730. The Balaban J connectivity index is 2.20. The first kappa shape index (κ1) is 15.7. The third-order valence-electron chi connectivity index (χ3n) is 4.25. The summed E-state index contributed by atoms with van der Waals surface area (Å²) in [5.41, 5.74) is 8.81. The first-order valence-corrected chi connectivity index (χ1v) is 8.37. The van der Waals surface area contributed by atoms with Gasteiger partial charge in [-0.1, -0.05) is 43.9 Å². The molecule has 1 aliphatic rings. The van der Waals surface area contributed by atoms with Gasteiger partial charge in [-0.2, -0.15) is 0 Å². The molecule has 0 amide bonds. The van der Waals surface area contributed by atoms with Crippen LogP contribution in [0.5, 0.6) is 0 Å². The van der Waals surface area contributed by atoms with Crippen molar-refractivity contribution in [3.05, 3.63) is 28.8 Å². The number of halogens is 1. The third kappa shape index (κ3) is 4.39. The second-order valence-electron chi connectivity index (χ2n) is 5.90. The van der Waals surface area contributed by atoms with Crippen molar-refractivity contribution in [2.24, 2.45) is 5.73 Å². The van der Waals surface area contributed by atoms with Gasteiger partial charge in [0.15, 0.2) is 0 Å². The third-order valence-corrected chi connectivity index (χ3v) is 4.49. The minimum absolute atomic E-state index is 0.240. The van der Waals surface area contributed by atoms with Crippen LogP contribution in [0.25, 0.3) is 0 Å². The first-order chi connectivity index (χ1) is 9.70. The van der Waals surface area contributed by atoms with Gasteiger partial charge in [-0.25, -0.2) is 0 Å². The summed E-state index contributed by atoms with van der Waals surface area (Å²) in [6, 6.07) is 6.52. The van der Waals surface area contributed by atoms with Crippen molar-refractivity contribution in [1.82, 2.24) is 0 Å². The highest BCUT2D eigenvalue weighted by atomic mass is 35.5. The maximum Gasteiger partial charge on any atom is 0.0426 e. The number of nitrogens with two attached hydrogens (primary N) is 1. The fourth-order valence-corrected chi connectivity index (χ4v) is 3.09. The van der Waals surface area contributed by atoms with Crippen LogP contribution in [0.2, 0.25) is 5.02 Å². The molecule has 2 N–H and O–H groups in total. The van der Waals surface area contributed by atoms with Crippen molar-refractivity contribution in [3.63, 3.8) is 0 Å². The van der Waals surface area contributed by atoms with Crippen molar-refractivity contribution in [2.75, 3.05) is 18.0 Å². The molecule has 20 heavy (non-hydrogen) atoms. The zero-order valence-electron chi connectivity index (χ0n) is 12.6. The summed E-state index contributed by atoms with van der Waals surface area (Å²) < 4.78 is 0. The molecule has 1 saturated heterocycles. The van der Waals surface area contributed by atoms with E-state index in [9.17, 15) is 0 Å². The highest BCUT2D eigenvalue weighted by Crippen LogP contribution is 2.28. The standard InChI is InChI=1S/C17H27ClN2/c1-2-16(19)12-14-8-9-15(18)13-17(14)20-10-6-4-3-5-7-11-20/h8-9,13,16H,2-7,10-12,19H2,1H3. The maximum absolute atomic E-state index is 6.22. The summed E-state index contributed by atoms with van der Waals surface area (Å²) in [5.74, 6) is 0. The molecule has 1 aromatic carbocycles. The minimum Gasteiger partial charge on any atom is -0.371 e. The lowest BCUT2D eigenvalue weighted by atomic mass is 10.0. The van der Waals surface area contributed by atoms with Gasteiger partial charge in [0.05, 0.1) is 0 Å². The fourth-order valence-electron chi connectivity index (χ4n) is 2.92. The summed E-state index contributed by atoms with van der Waals surface area (Å²) in [6.45, 7) is 4.44. The number of anilines is 1. The zero-order chi connectivity index (χ0) is 14.4. The van der Waals surface area contributed by atoms with Crippen LogP contribution < -0.4 is 10.6 Å². The molecule has 112 valence electrons. The van der Waals surface area contributed by atoms with Crippen LogP contribution in [0.15, 0.2) is 18.2 Å². The fraction of sp³-hybridized carbons (Fsp3) is 0.647. The van der Waals surface area contributed by atoms with E-state index in [1.54, 1.807) is 0 Å². The molecule has 1 unspecified atom stereocenters. The molecule has 1 atom stereocenters. The molecule has 0 aromatic heterocycles. The maximum atomic E-state index is 6.22. The second kappa shape index (κ2) is 7.90. The van der Waals surface area contributed by atoms with Crippen LogP contribution in [-0.2, 0) is 6.42 Å². The number of benzene rings is 1. The highest BCUT2D eigenvalue weighted by Gasteiger charge is 2.15. The van der Waals surface area contributed by atoms with Crippen LogP contribution in [0.3, 0.4) is 0 Å². The van der Waals surface area contributed by atoms with Gasteiger partial charge in [-0.3, -0.25) is 0 Å². The SMILES string of the molecule is CCC(N)Cc1ccc(Cl)cc1N1CCCCCCC1. The molecule has 0 bridgehead atoms. The smallest absolute Gasteiger partial charge is 0.0426 e. The summed E-state index contributed by atoms with van der Waals surface area (Å²) in [4.78, 5) is 2.52. The average molecular weight is 295 g/mol. The lowest BCUT2D eigenvalue weighted by Crippen LogP contribution is -2.29. The van der Waals surface area contributed by atoms with E-state index in [0.717, 1.165) is 31.0 Å². The Labute approximate surface area is 128 Å². The molecule has 0 saturated carbocycles. The van der Waals surface area contributed by atoms with Gasteiger partial charge in [-0.15, -0.1) is 0 Å². The lowest BCUT2D eigenvalue weighted by molar-refractivity contribution is 0.554. The highest BCUT2D eigenvalue weighted by molar-refractivity contribution is 6.30. The summed E-state index contributed by atoms with van der Waals surface area (Å²) in [5, 5.41) is 0.830. The molecule has 3 heteroatoms. The van der Waals surface area contributed by atoms with E-state index < -0.39 is 0 Å². The number of nitrogens with zero attached hydrogens (tertiary/aromatic N) is 1. The monoisotopic (exact) mass is 294 g/mol. The molecule has 0 radical (unpaired) electrons.